The quantitative estimate of drug-likeness (QED) is 0.356. The minimum Gasteiger partial charge on any atom is -0.466 e. The molecule has 0 saturated heterocycles. The highest BCUT2D eigenvalue weighted by atomic mass is 16.5. The molecule has 0 aromatic carbocycles. The van der Waals surface area contributed by atoms with Crippen molar-refractivity contribution in [3.8, 4) is 0 Å². The number of Topliss-reactive ketones (excluding diaryl/α,β-unsaturated/α-hetero) is 1. The first-order chi connectivity index (χ1) is 8.43. The predicted molar refractivity (Wildman–Crippen MR) is 68.3 cm³/mol. The van der Waals surface area contributed by atoms with Crippen molar-refractivity contribution in [3.63, 3.8) is 0 Å². The van der Waals surface area contributed by atoms with Gasteiger partial charge < -0.3 is 9.15 Å². The summed E-state index contributed by atoms with van der Waals surface area (Å²) < 4.78 is 9.92. The van der Waals surface area contributed by atoms with Gasteiger partial charge >= 0.3 is 5.97 Å². The van der Waals surface area contributed by atoms with Gasteiger partial charge in [-0.25, -0.2) is 4.79 Å². The molecule has 0 aliphatic rings. The molecular formula is C14H16O4. The van der Waals surface area contributed by atoms with Crippen LogP contribution in [0.25, 0.3) is 6.08 Å². The Balaban J connectivity index is 2.85. The minimum atomic E-state index is -0.405. The van der Waals surface area contributed by atoms with Crippen molar-refractivity contribution in [1.82, 2.24) is 0 Å². The molecule has 0 saturated carbocycles. The summed E-state index contributed by atoms with van der Waals surface area (Å²) in [7, 11) is 1.32. The van der Waals surface area contributed by atoms with Crippen molar-refractivity contribution in [2.75, 3.05) is 7.11 Å². The fourth-order valence-corrected chi connectivity index (χ4v) is 1.44. The highest BCUT2D eigenvalue weighted by Gasteiger charge is 2.09. The molecule has 4 heteroatoms. The maximum absolute atomic E-state index is 11.2. The third-order valence-corrected chi connectivity index (χ3v) is 2.37. The van der Waals surface area contributed by atoms with Gasteiger partial charge in [0.05, 0.1) is 12.7 Å². The summed E-state index contributed by atoms with van der Waals surface area (Å²) in [5, 5.41) is 0. The van der Waals surface area contributed by atoms with Crippen LogP contribution < -0.4 is 0 Å². The minimum absolute atomic E-state index is 0.0299. The zero-order chi connectivity index (χ0) is 13.7. The highest BCUT2D eigenvalue weighted by molar-refractivity contribution is 5.95. The van der Waals surface area contributed by atoms with Gasteiger partial charge in [0.25, 0.3) is 0 Å². The smallest absolute Gasteiger partial charge is 0.330 e. The summed E-state index contributed by atoms with van der Waals surface area (Å²) in [4.78, 5) is 22.2. The van der Waals surface area contributed by atoms with Gasteiger partial charge in [0.2, 0.25) is 0 Å². The van der Waals surface area contributed by atoms with E-state index >= 15 is 0 Å². The van der Waals surface area contributed by atoms with E-state index in [1.54, 1.807) is 32.1 Å². The zero-order valence-corrected chi connectivity index (χ0v) is 10.9. The molecule has 0 N–H and O–H groups in total. The molecule has 0 spiro atoms. The van der Waals surface area contributed by atoms with Crippen LogP contribution in [0.5, 0.6) is 0 Å². The van der Waals surface area contributed by atoms with Crippen molar-refractivity contribution in [2.24, 2.45) is 0 Å². The number of ketones is 1. The van der Waals surface area contributed by atoms with Gasteiger partial charge in [0.15, 0.2) is 5.78 Å². The van der Waals surface area contributed by atoms with Crippen molar-refractivity contribution in [1.29, 1.82) is 0 Å². The number of ether oxygens (including phenoxy) is 1. The molecular weight excluding hydrogens is 232 g/mol. The van der Waals surface area contributed by atoms with Gasteiger partial charge in [-0.1, -0.05) is 6.08 Å². The van der Waals surface area contributed by atoms with E-state index in [4.69, 9.17) is 4.42 Å². The summed E-state index contributed by atoms with van der Waals surface area (Å²) in [6.45, 7) is 5.01. The molecule has 1 aromatic rings. The van der Waals surface area contributed by atoms with E-state index in [1.165, 1.54) is 20.1 Å². The van der Waals surface area contributed by atoms with Gasteiger partial charge in [0.1, 0.15) is 11.5 Å². The van der Waals surface area contributed by atoms with Crippen LogP contribution in [-0.2, 0) is 9.53 Å². The molecule has 0 unspecified atom stereocenters. The normalized spacial score (nSPS) is 11.9. The number of carbonyl (C=O) groups excluding carboxylic acids is 2. The highest BCUT2D eigenvalue weighted by Crippen LogP contribution is 2.17. The lowest BCUT2D eigenvalue weighted by molar-refractivity contribution is -0.134. The summed E-state index contributed by atoms with van der Waals surface area (Å²) in [5.41, 5.74) is 1.31. The zero-order valence-electron chi connectivity index (χ0n) is 10.9. The largest absolute Gasteiger partial charge is 0.466 e. The fourth-order valence-electron chi connectivity index (χ4n) is 1.44. The standard InChI is InChI=1S/C14H16O4/c1-9(7-14(16)17-4)5-6-12-8-13(10(2)15)11(3)18-12/h5-8H,1-4H3/b6-5+,9-7+. The third kappa shape index (κ3) is 3.73. The summed E-state index contributed by atoms with van der Waals surface area (Å²) in [6, 6.07) is 1.68. The Morgan fingerprint density at radius 2 is 2.00 bits per heavy atom. The maximum atomic E-state index is 11.2. The molecule has 0 amide bonds. The van der Waals surface area contributed by atoms with Crippen LogP contribution in [0.1, 0.15) is 35.7 Å². The molecule has 18 heavy (non-hydrogen) atoms. The molecule has 1 heterocycles. The van der Waals surface area contributed by atoms with E-state index in [-0.39, 0.29) is 5.78 Å². The molecule has 0 bridgehead atoms. The maximum Gasteiger partial charge on any atom is 0.330 e. The summed E-state index contributed by atoms with van der Waals surface area (Å²) >= 11 is 0. The van der Waals surface area contributed by atoms with Gasteiger partial charge in [-0.3, -0.25) is 4.79 Å². The van der Waals surface area contributed by atoms with Crippen LogP contribution in [0.4, 0.5) is 0 Å². The van der Waals surface area contributed by atoms with Crippen LogP contribution >= 0.6 is 0 Å². The topological polar surface area (TPSA) is 56.5 Å². The average Bonchev–Trinajstić information content (AvgIpc) is 2.68. The number of hydrogen-bond donors (Lipinski definition) is 0. The number of methoxy groups -OCH3 is 1. The Labute approximate surface area is 106 Å². The van der Waals surface area contributed by atoms with Gasteiger partial charge in [-0.2, -0.15) is 0 Å². The Hall–Kier alpha value is -2.10. The van der Waals surface area contributed by atoms with E-state index < -0.39 is 5.97 Å². The second kappa shape index (κ2) is 6.00. The van der Waals surface area contributed by atoms with Gasteiger partial charge in [-0.15, -0.1) is 0 Å². The van der Waals surface area contributed by atoms with Gasteiger partial charge in [-0.05, 0) is 38.5 Å². The van der Waals surface area contributed by atoms with E-state index in [0.29, 0.717) is 17.1 Å². The van der Waals surface area contributed by atoms with Gasteiger partial charge in [0, 0.05) is 6.08 Å². The number of aryl methyl sites for hydroxylation is 1. The molecule has 96 valence electrons. The molecule has 4 nitrogen and oxygen atoms in total. The Bertz CT molecular complexity index is 518. The fraction of sp³-hybridized carbons (Fsp3) is 0.286. The Morgan fingerprint density at radius 1 is 1.33 bits per heavy atom. The molecule has 0 fully saturated rings. The second-order valence-corrected chi connectivity index (χ2v) is 3.92. The SMILES string of the molecule is COC(=O)/C=C(C)/C=C/c1cc(C(C)=O)c(C)o1. The van der Waals surface area contributed by atoms with Crippen molar-refractivity contribution >= 4 is 17.8 Å². The van der Waals surface area contributed by atoms with Crippen molar-refractivity contribution in [3.05, 3.63) is 40.9 Å². The Morgan fingerprint density at radius 3 is 2.50 bits per heavy atom. The van der Waals surface area contributed by atoms with Crippen LogP contribution in [0.15, 0.2) is 28.2 Å². The predicted octanol–water partition coefficient (Wildman–Crippen LogP) is 2.92. The molecule has 1 rings (SSSR count). The van der Waals surface area contributed by atoms with Crippen LogP contribution in [0.3, 0.4) is 0 Å². The number of carbonyl (C=O) groups is 2. The Kier molecular flexibility index (Phi) is 4.66. The lowest BCUT2D eigenvalue weighted by Gasteiger charge is -1.92. The first-order valence-corrected chi connectivity index (χ1v) is 5.49. The van der Waals surface area contributed by atoms with Crippen LogP contribution in [0, 0.1) is 6.92 Å². The first kappa shape index (κ1) is 14.0. The van der Waals surface area contributed by atoms with E-state index in [1.807, 2.05) is 0 Å². The molecule has 0 aliphatic heterocycles. The average molecular weight is 248 g/mol. The van der Waals surface area contributed by atoms with Crippen molar-refractivity contribution in [2.45, 2.75) is 20.8 Å². The van der Waals surface area contributed by atoms with Crippen LogP contribution in [0.2, 0.25) is 0 Å². The third-order valence-electron chi connectivity index (χ3n) is 2.37. The number of rotatable bonds is 4. The number of furan rings is 1. The second-order valence-electron chi connectivity index (χ2n) is 3.92. The number of esters is 1. The summed E-state index contributed by atoms with van der Waals surface area (Å²) in [5.74, 6) is 0.738. The molecule has 0 radical (unpaired) electrons. The lowest BCUT2D eigenvalue weighted by atomic mass is 10.2. The molecule has 0 atom stereocenters. The number of hydrogen-bond acceptors (Lipinski definition) is 4. The summed E-state index contributed by atoms with van der Waals surface area (Å²) in [6.07, 6.45) is 4.80. The lowest BCUT2D eigenvalue weighted by Crippen LogP contribution is -1.94. The number of allylic oxidation sites excluding steroid dienone is 2. The molecule has 0 aliphatic carbocycles. The van der Waals surface area contributed by atoms with E-state index in [9.17, 15) is 9.59 Å². The van der Waals surface area contributed by atoms with E-state index in [0.717, 1.165) is 5.57 Å². The van der Waals surface area contributed by atoms with Crippen molar-refractivity contribution < 1.29 is 18.7 Å². The monoisotopic (exact) mass is 248 g/mol. The first-order valence-electron chi connectivity index (χ1n) is 5.49. The van der Waals surface area contributed by atoms with E-state index in [2.05, 4.69) is 4.74 Å². The van der Waals surface area contributed by atoms with Crippen LogP contribution in [-0.4, -0.2) is 18.9 Å². The molecule has 1 aromatic heterocycles.